The Balaban J connectivity index is 1.74. The summed E-state index contributed by atoms with van der Waals surface area (Å²) in [7, 11) is 0. The van der Waals surface area contributed by atoms with E-state index in [9.17, 15) is 0 Å². The minimum absolute atomic E-state index is 0.513. The van der Waals surface area contributed by atoms with E-state index in [1.165, 1.54) is 19.3 Å². The third-order valence-electron chi connectivity index (χ3n) is 4.06. The first kappa shape index (κ1) is 13.7. The molecule has 1 aliphatic carbocycles. The number of pyridine rings is 1. The van der Waals surface area contributed by atoms with Crippen LogP contribution >= 0.6 is 15.9 Å². The average Bonchev–Trinajstić information content (AvgIpc) is 2.84. The van der Waals surface area contributed by atoms with Gasteiger partial charge in [0.1, 0.15) is 11.6 Å². The van der Waals surface area contributed by atoms with Crippen molar-refractivity contribution in [2.24, 2.45) is 11.8 Å². The molecule has 0 bridgehead atoms. The summed E-state index contributed by atoms with van der Waals surface area (Å²) in [6.07, 6.45) is 3.90. The summed E-state index contributed by atoms with van der Waals surface area (Å²) in [4.78, 5) is 4.38. The first-order valence-electron chi connectivity index (χ1n) is 7.10. The van der Waals surface area contributed by atoms with Crippen molar-refractivity contribution < 1.29 is 4.74 Å². The van der Waals surface area contributed by atoms with Crippen molar-refractivity contribution in [2.45, 2.75) is 26.2 Å². The number of aromatic nitrogens is 1. The molecular weight excluding hydrogens is 316 g/mol. The van der Waals surface area contributed by atoms with E-state index in [0.717, 1.165) is 33.6 Å². The summed E-state index contributed by atoms with van der Waals surface area (Å²) in [5.41, 5.74) is 6.70. The summed E-state index contributed by atoms with van der Waals surface area (Å²) in [6.45, 7) is 3.13. The molecule has 1 aromatic carbocycles. The number of fused-ring (bicyclic) bond motifs is 1. The van der Waals surface area contributed by atoms with Crippen LogP contribution in [0, 0.1) is 11.8 Å². The number of nitrogens with zero attached hydrogens (tertiary/aromatic N) is 1. The Morgan fingerprint density at radius 3 is 2.95 bits per heavy atom. The van der Waals surface area contributed by atoms with Crippen LogP contribution in [0.3, 0.4) is 0 Å². The Bertz CT molecular complexity index is 629. The van der Waals surface area contributed by atoms with Crippen LogP contribution in [0.4, 0.5) is 5.82 Å². The SMILES string of the molecule is C[C@H]1CC[C@@H](COc2ccc3cc(Br)c(N)nc3c2)C1. The lowest BCUT2D eigenvalue weighted by Crippen LogP contribution is -2.08. The number of nitrogen functional groups attached to an aromatic ring is 1. The van der Waals surface area contributed by atoms with Gasteiger partial charge in [-0.3, -0.25) is 0 Å². The summed E-state index contributed by atoms with van der Waals surface area (Å²) in [6, 6.07) is 7.99. The number of anilines is 1. The van der Waals surface area contributed by atoms with Crippen molar-refractivity contribution in [2.75, 3.05) is 12.3 Å². The van der Waals surface area contributed by atoms with Crippen LogP contribution in [0.15, 0.2) is 28.7 Å². The van der Waals surface area contributed by atoms with Crippen molar-refractivity contribution in [3.05, 3.63) is 28.7 Å². The van der Waals surface area contributed by atoms with Gasteiger partial charge in [-0.2, -0.15) is 0 Å². The molecule has 1 aromatic heterocycles. The molecule has 1 heterocycles. The number of hydrogen-bond donors (Lipinski definition) is 1. The average molecular weight is 335 g/mol. The van der Waals surface area contributed by atoms with Crippen LogP contribution in [-0.4, -0.2) is 11.6 Å². The maximum Gasteiger partial charge on any atom is 0.138 e. The zero-order valence-corrected chi connectivity index (χ0v) is 13.2. The molecule has 106 valence electrons. The van der Waals surface area contributed by atoms with Gasteiger partial charge in [0.15, 0.2) is 0 Å². The van der Waals surface area contributed by atoms with E-state index in [1.54, 1.807) is 0 Å². The molecule has 0 spiro atoms. The molecule has 0 aliphatic heterocycles. The van der Waals surface area contributed by atoms with Crippen LogP contribution in [0.2, 0.25) is 0 Å². The van der Waals surface area contributed by atoms with E-state index in [4.69, 9.17) is 10.5 Å². The molecule has 0 radical (unpaired) electrons. The number of halogens is 1. The van der Waals surface area contributed by atoms with Gasteiger partial charge in [0.2, 0.25) is 0 Å². The Labute approximate surface area is 127 Å². The number of benzene rings is 1. The second-order valence-corrected chi connectivity index (χ2v) is 6.66. The van der Waals surface area contributed by atoms with E-state index in [-0.39, 0.29) is 0 Å². The standard InChI is InChI=1S/C16H19BrN2O/c1-10-2-3-11(6-10)9-20-13-5-4-12-7-14(17)16(18)19-15(12)8-13/h4-5,7-8,10-11H,2-3,6,9H2,1H3,(H2,18,19)/t10-,11+/m0/s1. The normalized spacial score (nSPS) is 22.3. The largest absolute Gasteiger partial charge is 0.493 e. The van der Waals surface area contributed by atoms with Crippen molar-refractivity contribution >= 4 is 32.7 Å². The third-order valence-corrected chi connectivity index (χ3v) is 4.69. The Morgan fingerprint density at radius 1 is 1.35 bits per heavy atom. The molecule has 0 amide bonds. The van der Waals surface area contributed by atoms with Gasteiger partial charge in [0.25, 0.3) is 0 Å². The Kier molecular flexibility index (Phi) is 3.83. The van der Waals surface area contributed by atoms with Crippen molar-refractivity contribution in [1.82, 2.24) is 4.98 Å². The van der Waals surface area contributed by atoms with Gasteiger partial charge >= 0.3 is 0 Å². The highest BCUT2D eigenvalue weighted by Gasteiger charge is 2.21. The van der Waals surface area contributed by atoms with Gasteiger partial charge in [-0.1, -0.05) is 13.3 Å². The molecule has 4 heteroatoms. The van der Waals surface area contributed by atoms with Gasteiger partial charge in [-0.15, -0.1) is 0 Å². The summed E-state index contributed by atoms with van der Waals surface area (Å²) < 4.78 is 6.76. The number of nitrogens with two attached hydrogens (primary N) is 1. The van der Waals surface area contributed by atoms with E-state index >= 15 is 0 Å². The zero-order valence-electron chi connectivity index (χ0n) is 11.6. The fraction of sp³-hybridized carbons (Fsp3) is 0.438. The van der Waals surface area contributed by atoms with Crippen LogP contribution in [0.5, 0.6) is 5.75 Å². The number of rotatable bonds is 3. The van der Waals surface area contributed by atoms with Crippen LogP contribution in [-0.2, 0) is 0 Å². The lowest BCUT2D eigenvalue weighted by Gasteiger charge is -2.12. The molecule has 3 nitrogen and oxygen atoms in total. The predicted molar refractivity (Wildman–Crippen MR) is 85.9 cm³/mol. The van der Waals surface area contributed by atoms with Crippen molar-refractivity contribution in [1.29, 1.82) is 0 Å². The van der Waals surface area contributed by atoms with Crippen LogP contribution in [0.1, 0.15) is 26.2 Å². The lowest BCUT2D eigenvalue weighted by atomic mass is 10.1. The van der Waals surface area contributed by atoms with E-state index in [0.29, 0.717) is 11.7 Å². The minimum atomic E-state index is 0.513. The summed E-state index contributed by atoms with van der Waals surface area (Å²) >= 11 is 3.40. The van der Waals surface area contributed by atoms with E-state index < -0.39 is 0 Å². The molecule has 3 rings (SSSR count). The molecule has 20 heavy (non-hydrogen) atoms. The van der Waals surface area contributed by atoms with E-state index in [1.807, 2.05) is 24.3 Å². The summed E-state index contributed by atoms with van der Waals surface area (Å²) in [5.74, 6) is 2.94. The fourth-order valence-corrected chi connectivity index (χ4v) is 3.25. The third kappa shape index (κ3) is 2.90. The summed E-state index contributed by atoms with van der Waals surface area (Å²) in [5, 5.41) is 1.06. The van der Waals surface area contributed by atoms with Crippen LogP contribution < -0.4 is 10.5 Å². The second kappa shape index (κ2) is 5.60. The van der Waals surface area contributed by atoms with Crippen molar-refractivity contribution in [3.63, 3.8) is 0 Å². The molecular formula is C16H19BrN2O. The predicted octanol–water partition coefficient (Wildman–Crippen LogP) is 4.39. The molecule has 0 unspecified atom stereocenters. The first-order valence-corrected chi connectivity index (χ1v) is 7.89. The highest BCUT2D eigenvalue weighted by molar-refractivity contribution is 9.10. The zero-order chi connectivity index (χ0) is 14.1. The Hall–Kier alpha value is -1.29. The lowest BCUT2D eigenvalue weighted by molar-refractivity contribution is 0.249. The highest BCUT2D eigenvalue weighted by Crippen LogP contribution is 2.31. The van der Waals surface area contributed by atoms with E-state index in [2.05, 4.69) is 27.8 Å². The van der Waals surface area contributed by atoms with Gasteiger partial charge in [-0.05, 0) is 58.8 Å². The molecule has 2 atom stereocenters. The number of ether oxygens (including phenoxy) is 1. The molecule has 2 aromatic rings. The smallest absolute Gasteiger partial charge is 0.138 e. The first-order chi connectivity index (χ1) is 9.61. The van der Waals surface area contributed by atoms with Crippen LogP contribution in [0.25, 0.3) is 10.9 Å². The van der Waals surface area contributed by atoms with Gasteiger partial charge in [0, 0.05) is 11.5 Å². The van der Waals surface area contributed by atoms with Gasteiger partial charge < -0.3 is 10.5 Å². The molecule has 2 N–H and O–H groups in total. The van der Waals surface area contributed by atoms with Crippen molar-refractivity contribution in [3.8, 4) is 5.75 Å². The fourth-order valence-electron chi connectivity index (χ4n) is 2.92. The topological polar surface area (TPSA) is 48.1 Å². The maximum atomic E-state index is 5.92. The maximum absolute atomic E-state index is 5.92. The molecule has 0 saturated heterocycles. The molecule has 1 aliphatic rings. The Morgan fingerprint density at radius 2 is 2.20 bits per heavy atom. The van der Waals surface area contributed by atoms with Gasteiger partial charge in [-0.25, -0.2) is 4.98 Å². The monoisotopic (exact) mass is 334 g/mol. The quantitative estimate of drug-likeness (QED) is 0.905. The second-order valence-electron chi connectivity index (χ2n) is 5.81. The minimum Gasteiger partial charge on any atom is -0.493 e. The highest BCUT2D eigenvalue weighted by atomic mass is 79.9. The van der Waals surface area contributed by atoms with Gasteiger partial charge in [0.05, 0.1) is 16.6 Å². The molecule has 1 saturated carbocycles. The molecule has 1 fully saturated rings. The number of hydrogen-bond acceptors (Lipinski definition) is 3.